The maximum absolute atomic E-state index is 12.7. The van der Waals surface area contributed by atoms with Crippen molar-refractivity contribution in [2.75, 3.05) is 25.0 Å². The number of likely N-dealkylation sites (tertiary alicyclic amines) is 1. The zero-order valence-corrected chi connectivity index (χ0v) is 16.5. The first-order valence-electron chi connectivity index (χ1n) is 9.68. The van der Waals surface area contributed by atoms with Gasteiger partial charge in [0.1, 0.15) is 0 Å². The Labute approximate surface area is 176 Å². The maximum atomic E-state index is 12.7. The van der Waals surface area contributed by atoms with Gasteiger partial charge < -0.3 is 15.5 Å². The van der Waals surface area contributed by atoms with E-state index in [-0.39, 0.29) is 35.7 Å². The summed E-state index contributed by atoms with van der Waals surface area (Å²) in [6.07, 6.45) is -0.581. The molecule has 7 nitrogen and oxygen atoms in total. The molecule has 1 aliphatic rings. The Morgan fingerprint density at radius 2 is 1.74 bits per heavy atom. The average molecular weight is 434 g/mol. The Bertz CT molecular complexity index is 925. The number of pyridine rings is 1. The molecule has 0 atom stereocenters. The summed E-state index contributed by atoms with van der Waals surface area (Å²) < 4.78 is 38.0. The number of carbonyl (C=O) groups excluding carboxylic acids is 3. The number of nitrogens with one attached hydrogen (secondary N) is 2. The molecule has 0 radical (unpaired) electrons. The lowest BCUT2D eigenvalue weighted by Crippen LogP contribution is -2.44. The molecule has 0 bridgehead atoms. The fourth-order valence-corrected chi connectivity index (χ4v) is 3.28. The fraction of sp³-hybridized carbons (Fsp3) is 0.333. The summed E-state index contributed by atoms with van der Waals surface area (Å²) in [4.78, 5) is 42.1. The van der Waals surface area contributed by atoms with Crippen molar-refractivity contribution >= 4 is 23.4 Å². The van der Waals surface area contributed by atoms with E-state index in [1.54, 1.807) is 18.3 Å². The SMILES string of the molecule is O=C(CNC(=O)C1CCN(C(=O)c2ccc(C(F)(F)F)cc2)CC1)Nc1cccnc1. The molecule has 2 heterocycles. The van der Waals surface area contributed by atoms with E-state index >= 15 is 0 Å². The molecular formula is C21H21F3N4O3. The highest BCUT2D eigenvalue weighted by molar-refractivity contribution is 5.95. The fourth-order valence-electron chi connectivity index (χ4n) is 3.28. The molecule has 2 aromatic rings. The monoisotopic (exact) mass is 434 g/mol. The van der Waals surface area contributed by atoms with E-state index in [2.05, 4.69) is 15.6 Å². The number of nitrogens with zero attached hydrogens (tertiary/aromatic N) is 2. The lowest BCUT2D eigenvalue weighted by Gasteiger charge is -2.31. The first-order chi connectivity index (χ1) is 14.7. The summed E-state index contributed by atoms with van der Waals surface area (Å²) in [5, 5.41) is 5.20. The molecule has 10 heteroatoms. The summed E-state index contributed by atoms with van der Waals surface area (Å²) in [6, 6.07) is 7.42. The molecule has 1 fully saturated rings. The Balaban J connectivity index is 1.44. The van der Waals surface area contributed by atoms with Crippen molar-refractivity contribution in [3.8, 4) is 0 Å². The zero-order chi connectivity index (χ0) is 22.4. The minimum absolute atomic E-state index is 0.169. The molecule has 1 saturated heterocycles. The molecular weight excluding hydrogens is 413 g/mol. The second kappa shape index (κ2) is 9.59. The third-order valence-electron chi connectivity index (χ3n) is 4.98. The van der Waals surface area contributed by atoms with Crippen LogP contribution in [0.2, 0.25) is 0 Å². The normalized spacial score (nSPS) is 14.7. The van der Waals surface area contributed by atoms with Crippen molar-refractivity contribution < 1.29 is 27.6 Å². The summed E-state index contributed by atoms with van der Waals surface area (Å²) >= 11 is 0. The number of hydrogen-bond acceptors (Lipinski definition) is 4. The van der Waals surface area contributed by atoms with Crippen LogP contribution in [-0.2, 0) is 15.8 Å². The lowest BCUT2D eigenvalue weighted by molar-refractivity contribution is -0.137. The number of anilines is 1. The van der Waals surface area contributed by atoms with Gasteiger partial charge in [-0.05, 0) is 49.2 Å². The van der Waals surface area contributed by atoms with E-state index in [1.807, 2.05) is 0 Å². The number of aromatic nitrogens is 1. The highest BCUT2D eigenvalue weighted by Gasteiger charge is 2.31. The maximum Gasteiger partial charge on any atom is 0.416 e. The molecule has 0 unspecified atom stereocenters. The number of benzene rings is 1. The molecule has 0 aliphatic carbocycles. The Morgan fingerprint density at radius 1 is 1.06 bits per heavy atom. The third-order valence-corrected chi connectivity index (χ3v) is 4.98. The second-order valence-electron chi connectivity index (χ2n) is 7.15. The summed E-state index contributed by atoms with van der Waals surface area (Å²) in [6.45, 7) is 0.429. The molecule has 3 amide bonds. The zero-order valence-electron chi connectivity index (χ0n) is 16.5. The summed E-state index contributed by atoms with van der Waals surface area (Å²) in [7, 11) is 0. The summed E-state index contributed by atoms with van der Waals surface area (Å²) in [5.41, 5.74) is -0.119. The van der Waals surface area contributed by atoms with Gasteiger partial charge in [-0.3, -0.25) is 19.4 Å². The molecule has 1 aromatic heterocycles. The standard InChI is InChI=1S/C21H21F3N4O3/c22-21(23,24)16-5-3-15(4-6-16)20(31)28-10-7-14(8-11-28)19(30)26-13-18(29)27-17-2-1-9-25-12-17/h1-6,9,12,14H,7-8,10-11,13H2,(H,26,30)(H,27,29). The number of halogens is 3. The second-order valence-corrected chi connectivity index (χ2v) is 7.15. The minimum Gasteiger partial charge on any atom is -0.347 e. The molecule has 1 aliphatic heterocycles. The van der Waals surface area contributed by atoms with Crippen LogP contribution in [0, 0.1) is 5.92 Å². The first kappa shape index (κ1) is 22.3. The number of rotatable bonds is 5. The van der Waals surface area contributed by atoms with Gasteiger partial charge in [0.2, 0.25) is 11.8 Å². The van der Waals surface area contributed by atoms with Gasteiger partial charge in [-0.15, -0.1) is 0 Å². The van der Waals surface area contributed by atoms with Crippen molar-refractivity contribution in [1.29, 1.82) is 0 Å². The molecule has 164 valence electrons. The van der Waals surface area contributed by atoms with Crippen LogP contribution in [0.1, 0.15) is 28.8 Å². The highest BCUT2D eigenvalue weighted by Crippen LogP contribution is 2.29. The molecule has 1 aromatic carbocycles. The van der Waals surface area contributed by atoms with Gasteiger partial charge in [0.25, 0.3) is 5.91 Å². The predicted molar refractivity (Wildman–Crippen MR) is 106 cm³/mol. The van der Waals surface area contributed by atoms with E-state index in [1.165, 1.54) is 11.1 Å². The molecule has 3 rings (SSSR count). The Morgan fingerprint density at radius 3 is 2.32 bits per heavy atom. The molecule has 2 N–H and O–H groups in total. The van der Waals surface area contributed by atoms with Crippen molar-refractivity contribution in [2.45, 2.75) is 19.0 Å². The smallest absolute Gasteiger partial charge is 0.347 e. The van der Waals surface area contributed by atoms with Crippen LogP contribution < -0.4 is 10.6 Å². The van der Waals surface area contributed by atoms with E-state index in [0.717, 1.165) is 24.3 Å². The van der Waals surface area contributed by atoms with Gasteiger partial charge in [0.05, 0.1) is 24.0 Å². The molecule has 0 spiro atoms. The quantitative estimate of drug-likeness (QED) is 0.757. The van der Waals surface area contributed by atoms with Gasteiger partial charge in [-0.2, -0.15) is 13.2 Å². The van der Waals surface area contributed by atoms with Crippen LogP contribution in [0.3, 0.4) is 0 Å². The number of amides is 3. The van der Waals surface area contributed by atoms with Gasteiger partial charge in [-0.25, -0.2) is 0 Å². The number of piperidine rings is 1. The largest absolute Gasteiger partial charge is 0.416 e. The predicted octanol–water partition coefficient (Wildman–Crippen LogP) is 2.71. The van der Waals surface area contributed by atoms with E-state index in [0.29, 0.717) is 31.6 Å². The summed E-state index contributed by atoms with van der Waals surface area (Å²) in [5.74, 6) is -1.37. The van der Waals surface area contributed by atoms with Crippen LogP contribution in [0.4, 0.5) is 18.9 Å². The highest BCUT2D eigenvalue weighted by atomic mass is 19.4. The molecule has 31 heavy (non-hydrogen) atoms. The van der Waals surface area contributed by atoms with Crippen molar-refractivity contribution in [3.05, 3.63) is 59.9 Å². The van der Waals surface area contributed by atoms with E-state index in [4.69, 9.17) is 0 Å². The van der Waals surface area contributed by atoms with Gasteiger partial charge in [-0.1, -0.05) is 0 Å². The van der Waals surface area contributed by atoms with Gasteiger partial charge in [0, 0.05) is 30.8 Å². The third kappa shape index (κ3) is 6.03. The minimum atomic E-state index is -4.46. The van der Waals surface area contributed by atoms with E-state index < -0.39 is 11.7 Å². The van der Waals surface area contributed by atoms with Crippen molar-refractivity contribution in [2.24, 2.45) is 5.92 Å². The first-order valence-corrected chi connectivity index (χ1v) is 9.68. The van der Waals surface area contributed by atoms with Gasteiger partial charge >= 0.3 is 6.18 Å². The Kier molecular flexibility index (Phi) is 6.88. The molecule has 0 saturated carbocycles. The van der Waals surface area contributed by atoms with E-state index in [9.17, 15) is 27.6 Å². The average Bonchev–Trinajstić information content (AvgIpc) is 2.77. The number of hydrogen-bond donors (Lipinski definition) is 2. The van der Waals surface area contributed by atoms with Crippen LogP contribution in [-0.4, -0.2) is 47.2 Å². The van der Waals surface area contributed by atoms with Crippen LogP contribution >= 0.6 is 0 Å². The topological polar surface area (TPSA) is 91.4 Å². The van der Waals surface area contributed by atoms with Gasteiger partial charge in [0.15, 0.2) is 0 Å². The van der Waals surface area contributed by atoms with Crippen LogP contribution in [0.5, 0.6) is 0 Å². The van der Waals surface area contributed by atoms with Crippen LogP contribution in [0.15, 0.2) is 48.8 Å². The van der Waals surface area contributed by atoms with Crippen molar-refractivity contribution in [1.82, 2.24) is 15.2 Å². The number of alkyl halides is 3. The Hall–Kier alpha value is -3.43. The number of carbonyl (C=O) groups is 3. The van der Waals surface area contributed by atoms with Crippen LogP contribution in [0.25, 0.3) is 0 Å². The van der Waals surface area contributed by atoms with Crippen molar-refractivity contribution in [3.63, 3.8) is 0 Å². The lowest BCUT2D eigenvalue weighted by atomic mass is 9.95.